The topological polar surface area (TPSA) is 111 Å². The summed E-state index contributed by atoms with van der Waals surface area (Å²) in [4.78, 5) is 20.2. The Hall–Kier alpha value is -2.99. The van der Waals surface area contributed by atoms with Crippen LogP contribution in [-0.2, 0) is 0 Å². The quantitative estimate of drug-likeness (QED) is 0.373. The molecule has 8 heteroatoms. The number of non-ortho nitro benzene ring substituents is 1. The minimum Gasteiger partial charge on any atom is -0.272 e. The third-order valence-corrected chi connectivity index (χ3v) is 2.59. The number of rotatable bonds is 6. The summed E-state index contributed by atoms with van der Waals surface area (Å²) in [5, 5.41) is 25.6. The molecular formula is C14H16N4O4. The van der Waals surface area contributed by atoms with Crippen LogP contribution in [0, 0.1) is 25.6 Å². The third-order valence-electron chi connectivity index (χ3n) is 2.59. The number of allylic oxidation sites excluding steroid dienone is 1. The van der Waals surface area contributed by atoms with Crippen molar-refractivity contribution < 1.29 is 9.85 Å². The molecule has 0 spiro atoms. The van der Waals surface area contributed by atoms with Crippen molar-refractivity contribution in [1.82, 2.24) is 0 Å². The highest BCUT2D eigenvalue weighted by atomic mass is 16.6. The van der Waals surface area contributed by atoms with E-state index in [1.165, 1.54) is 12.1 Å². The first-order valence-electron chi connectivity index (χ1n) is 6.38. The zero-order valence-electron chi connectivity index (χ0n) is 12.4. The fourth-order valence-electron chi connectivity index (χ4n) is 1.48. The van der Waals surface area contributed by atoms with Crippen molar-refractivity contribution in [3.63, 3.8) is 0 Å². The summed E-state index contributed by atoms with van der Waals surface area (Å²) in [5.41, 5.74) is 4.40. The zero-order valence-corrected chi connectivity index (χ0v) is 12.4. The molecule has 22 heavy (non-hydrogen) atoms. The lowest BCUT2D eigenvalue weighted by Gasteiger charge is -2.11. The van der Waals surface area contributed by atoms with E-state index in [4.69, 9.17) is 0 Å². The van der Waals surface area contributed by atoms with Gasteiger partial charge in [0, 0.05) is 17.7 Å². The van der Waals surface area contributed by atoms with Crippen LogP contribution in [0.5, 0.6) is 0 Å². The maximum atomic E-state index is 11.0. The molecule has 0 aliphatic carbocycles. The number of nitrogens with zero attached hydrogens (tertiary/aromatic N) is 3. The van der Waals surface area contributed by atoms with Crippen molar-refractivity contribution in [2.45, 2.75) is 20.8 Å². The molecule has 0 fully saturated rings. The number of nitro groups is 2. The van der Waals surface area contributed by atoms with Crippen LogP contribution < -0.4 is 5.43 Å². The normalized spacial score (nSPS) is 10.9. The lowest BCUT2D eigenvalue weighted by Crippen LogP contribution is -2.10. The Bertz CT molecular complexity index is 673. The van der Waals surface area contributed by atoms with Gasteiger partial charge in [-0.15, -0.1) is 5.73 Å². The molecule has 0 aliphatic rings. The molecule has 0 radical (unpaired) electrons. The fraction of sp³-hybridized carbons (Fsp3) is 0.286. The van der Waals surface area contributed by atoms with E-state index < -0.39 is 20.9 Å². The highest BCUT2D eigenvalue weighted by Crippen LogP contribution is 2.29. The van der Waals surface area contributed by atoms with Crippen molar-refractivity contribution in [3.8, 4) is 0 Å². The SMILES string of the molecule is CC=C=CC(C)(C)C=NNc1ccc([N+](=O)[O-])cc1[N+](=O)[O-]. The Morgan fingerprint density at radius 2 is 1.95 bits per heavy atom. The number of benzene rings is 1. The molecular weight excluding hydrogens is 288 g/mol. The first-order valence-corrected chi connectivity index (χ1v) is 6.38. The molecule has 1 aromatic carbocycles. The second kappa shape index (κ2) is 7.14. The van der Waals surface area contributed by atoms with Gasteiger partial charge in [0.15, 0.2) is 0 Å². The molecule has 0 atom stereocenters. The van der Waals surface area contributed by atoms with Crippen LogP contribution >= 0.6 is 0 Å². The van der Waals surface area contributed by atoms with Crippen LogP contribution in [-0.4, -0.2) is 16.1 Å². The van der Waals surface area contributed by atoms with Crippen molar-refractivity contribution in [1.29, 1.82) is 0 Å². The van der Waals surface area contributed by atoms with Gasteiger partial charge in [0.2, 0.25) is 0 Å². The van der Waals surface area contributed by atoms with Gasteiger partial charge >= 0.3 is 5.69 Å². The molecule has 1 aromatic rings. The number of hydrogen-bond acceptors (Lipinski definition) is 6. The van der Waals surface area contributed by atoms with Gasteiger partial charge in [0.1, 0.15) is 5.69 Å². The second-order valence-electron chi connectivity index (χ2n) is 5.01. The van der Waals surface area contributed by atoms with Crippen LogP contribution in [0.4, 0.5) is 17.1 Å². The lowest BCUT2D eigenvalue weighted by molar-refractivity contribution is -0.393. The Labute approximate surface area is 127 Å². The minimum atomic E-state index is -0.699. The van der Waals surface area contributed by atoms with Crippen LogP contribution in [0.3, 0.4) is 0 Å². The molecule has 0 amide bonds. The molecule has 0 unspecified atom stereocenters. The van der Waals surface area contributed by atoms with Gasteiger partial charge in [0.25, 0.3) is 5.69 Å². The number of nitro benzene ring substituents is 2. The molecule has 116 valence electrons. The smallest absolute Gasteiger partial charge is 0.272 e. The molecule has 0 saturated heterocycles. The van der Waals surface area contributed by atoms with Crippen LogP contribution in [0.1, 0.15) is 20.8 Å². The lowest BCUT2D eigenvalue weighted by atomic mass is 9.96. The predicted octanol–water partition coefficient (Wildman–Crippen LogP) is 3.66. The molecule has 8 nitrogen and oxygen atoms in total. The molecule has 0 aromatic heterocycles. The summed E-state index contributed by atoms with van der Waals surface area (Å²) in [5.74, 6) is 0. The van der Waals surface area contributed by atoms with Crippen LogP contribution in [0.15, 0.2) is 41.2 Å². The van der Waals surface area contributed by atoms with Crippen molar-refractivity contribution in [3.05, 3.63) is 56.3 Å². The van der Waals surface area contributed by atoms with Crippen molar-refractivity contribution >= 4 is 23.3 Å². The summed E-state index contributed by atoms with van der Waals surface area (Å²) < 4.78 is 0. The number of hydrogen-bond donors (Lipinski definition) is 1. The molecule has 0 aliphatic heterocycles. The second-order valence-corrected chi connectivity index (χ2v) is 5.01. The maximum Gasteiger partial charge on any atom is 0.301 e. The summed E-state index contributed by atoms with van der Waals surface area (Å²) >= 11 is 0. The van der Waals surface area contributed by atoms with Gasteiger partial charge in [0.05, 0.1) is 15.9 Å². The molecule has 0 bridgehead atoms. The van der Waals surface area contributed by atoms with E-state index in [1.807, 2.05) is 20.8 Å². The number of anilines is 1. The van der Waals surface area contributed by atoms with E-state index in [9.17, 15) is 20.2 Å². The standard InChI is InChI=1S/C14H16N4O4/c1-4-5-8-14(2,3)10-15-16-12-7-6-11(17(19)20)9-13(12)18(21)22/h4,6-10,16H,1-3H3. The Morgan fingerprint density at radius 1 is 1.27 bits per heavy atom. The van der Waals surface area contributed by atoms with E-state index in [0.29, 0.717) is 0 Å². The first-order chi connectivity index (χ1) is 10.3. The summed E-state index contributed by atoms with van der Waals surface area (Å²) in [6, 6.07) is 3.32. The van der Waals surface area contributed by atoms with Crippen molar-refractivity contribution in [2.24, 2.45) is 10.5 Å². The zero-order chi connectivity index (χ0) is 16.8. The fourth-order valence-corrected chi connectivity index (χ4v) is 1.48. The van der Waals surface area contributed by atoms with E-state index >= 15 is 0 Å². The number of hydrazone groups is 1. The molecule has 1 rings (SSSR count). The molecule has 1 N–H and O–H groups in total. The van der Waals surface area contributed by atoms with Gasteiger partial charge in [-0.25, -0.2) is 0 Å². The summed E-state index contributed by atoms with van der Waals surface area (Å²) in [6.45, 7) is 5.61. The highest BCUT2D eigenvalue weighted by molar-refractivity contribution is 5.71. The third kappa shape index (κ3) is 4.84. The largest absolute Gasteiger partial charge is 0.301 e. The van der Waals surface area contributed by atoms with E-state index in [1.54, 1.807) is 18.4 Å². The monoisotopic (exact) mass is 304 g/mol. The number of nitrogens with one attached hydrogen (secondary N) is 1. The average Bonchev–Trinajstić information content (AvgIpc) is 2.44. The Balaban J connectivity index is 3.01. The van der Waals surface area contributed by atoms with Gasteiger partial charge in [-0.1, -0.05) is 13.8 Å². The summed E-state index contributed by atoms with van der Waals surface area (Å²) in [6.07, 6.45) is 5.11. The molecule has 0 heterocycles. The Kier molecular flexibility index (Phi) is 5.54. The van der Waals surface area contributed by atoms with E-state index in [0.717, 1.165) is 6.07 Å². The maximum absolute atomic E-state index is 11.0. The first kappa shape index (κ1) is 17.1. The van der Waals surface area contributed by atoms with E-state index in [-0.39, 0.29) is 11.4 Å². The van der Waals surface area contributed by atoms with Gasteiger partial charge in [-0.2, -0.15) is 5.10 Å². The Morgan fingerprint density at radius 3 is 2.50 bits per heavy atom. The van der Waals surface area contributed by atoms with Gasteiger partial charge in [-0.05, 0) is 25.1 Å². The molecule has 0 saturated carbocycles. The van der Waals surface area contributed by atoms with Crippen LogP contribution in [0.25, 0.3) is 0 Å². The minimum absolute atomic E-state index is 0.0812. The predicted molar refractivity (Wildman–Crippen MR) is 84.0 cm³/mol. The average molecular weight is 304 g/mol. The van der Waals surface area contributed by atoms with Gasteiger partial charge in [-0.3, -0.25) is 25.7 Å². The van der Waals surface area contributed by atoms with Crippen molar-refractivity contribution in [2.75, 3.05) is 5.43 Å². The highest BCUT2D eigenvalue weighted by Gasteiger charge is 2.19. The van der Waals surface area contributed by atoms with Crippen LogP contribution in [0.2, 0.25) is 0 Å². The van der Waals surface area contributed by atoms with Gasteiger partial charge < -0.3 is 0 Å². The van der Waals surface area contributed by atoms with E-state index in [2.05, 4.69) is 16.3 Å². The summed E-state index contributed by atoms with van der Waals surface area (Å²) in [7, 11) is 0.